The summed E-state index contributed by atoms with van der Waals surface area (Å²) in [5, 5.41) is 17.4. The van der Waals surface area contributed by atoms with Crippen LogP contribution >= 0.6 is 0 Å². The van der Waals surface area contributed by atoms with Gasteiger partial charge in [-0.1, -0.05) is 5.16 Å². The van der Waals surface area contributed by atoms with E-state index < -0.39 is 10.0 Å². The molecule has 0 aliphatic heterocycles. The number of nitrogens with two attached hydrogens (primary N) is 1. The van der Waals surface area contributed by atoms with E-state index >= 15 is 0 Å². The van der Waals surface area contributed by atoms with Crippen LogP contribution in [0.2, 0.25) is 0 Å². The van der Waals surface area contributed by atoms with E-state index in [1.807, 2.05) is 0 Å². The van der Waals surface area contributed by atoms with Gasteiger partial charge in [0.15, 0.2) is 10.9 Å². The number of rotatable bonds is 5. The highest BCUT2D eigenvalue weighted by Crippen LogP contribution is 2.27. The van der Waals surface area contributed by atoms with E-state index in [4.69, 9.17) is 15.7 Å². The monoisotopic (exact) mass is 311 g/mol. The van der Waals surface area contributed by atoms with E-state index in [1.54, 1.807) is 0 Å². The van der Waals surface area contributed by atoms with Crippen molar-refractivity contribution in [3.63, 3.8) is 0 Å². The molecular formula is C11H13N5O4S. The molecule has 0 saturated carbocycles. The quantitative estimate of drug-likeness (QED) is 0.271. The smallest absolute Gasteiger partial charge is 0.278 e. The summed E-state index contributed by atoms with van der Waals surface area (Å²) in [5.41, 5.74) is 6.06. The fourth-order valence-electron chi connectivity index (χ4n) is 1.59. The second kappa shape index (κ2) is 5.71. The summed E-state index contributed by atoms with van der Waals surface area (Å²) in [6.45, 7) is 0. The van der Waals surface area contributed by atoms with Gasteiger partial charge < -0.3 is 15.7 Å². The van der Waals surface area contributed by atoms with Crippen LogP contribution in [0.1, 0.15) is 5.56 Å². The van der Waals surface area contributed by atoms with E-state index in [1.165, 1.54) is 37.6 Å². The van der Waals surface area contributed by atoms with Crippen LogP contribution < -0.4 is 15.2 Å². The van der Waals surface area contributed by atoms with Crippen molar-refractivity contribution < 1.29 is 18.4 Å². The fraction of sp³-hybridized carbons (Fsp3) is 0.0909. The predicted molar refractivity (Wildman–Crippen MR) is 74.9 cm³/mol. The molecular weight excluding hydrogens is 298 g/mol. The lowest BCUT2D eigenvalue weighted by Crippen LogP contribution is -2.16. The van der Waals surface area contributed by atoms with Crippen LogP contribution in [0.5, 0.6) is 5.75 Å². The fourth-order valence-corrected chi connectivity index (χ4v) is 2.57. The van der Waals surface area contributed by atoms with E-state index in [2.05, 4.69) is 20.1 Å². The second-order valence-corrected chi connectivity index (χ2v) is 5.58. The van der Waals surface area contributed by atoms with E-state index in [-0.39, 0.29) is 22.3 Å². The number of aromatic amines is 1. The third-order valence-corrected chi connectivity index (χ3v) is 3.91. The molecule has 0 saturated heterocycles. The van der Waals surface area contributed by atoms with E-state index in [9.17, 15) is 8.42 Å². The number of aromatic nitrogens is 2. The summed E-state index contributed by atoms with van der Waals surface area (Å²) in [4.78, 5) is 0. The predicted octanol–water partition coefficient (Wildman–Crippen LogP) is 0.314. The molecule has 112 valence electrons. The van der Waals surface area contributed by atoms with E-state index in [0.29, 0.717) is 5.56 Å². The number of nitrogens with zero attached hydrogens (tertiary/aromatic N) is 2. The van der Waals surface area contributed by atoms with Gasteiger partial charge in [0.05, 0.1) is 19.0 Å². The molecule has 1 heterocycles. The number of ether oxygens (including phenoxy) is 1. The van der Waals surface area contributed by atoms with Crippen LogP contribution in [0.3, 0.4) is 0 Å². The summed E-state index contributed by atoms with van der Waals surface area (Å²) in [7, 11) is -2.43. The van der Waals surface area contributed by atoms with Gasteiger partial charge in [-0.3, -0.25) is 9.82 Å². The van der Waals surface area contributed by atoms with Crippen LogP contribution in [0, 0.1) is 0 Å². The standard InChI is InChI=1S/C11H13N5O4S/c1-20-9-6-7(11(12)15-17)2-3-8(9)16-21(18,19)10-4-5-13-14-10/h2-6,16-17H,1H3,(H2,12,15)(H,13,14). The normalized spacial score (nSPS) is 12.1. The molecule has 1 aromatic carbocycles. The van der Waals surface area contributed by atoms with Crippen molar-refractivity contribution in [3.05, 3.63) is 36.0 Å². The highest BCUT2D eigenvalue weighted by atomic mass is 32.2. The Bertz CT molecular complexity index is 755. The van der Waals surface area contributed by atoms with Crippen LogP contribution in [0.15, 0.2) is 40.6 Å². The van der Waals surface area contributed by atoms with Gasteiger partial charge in [0.25, 0.3) is 10.0 Å². The minimum absolute atomic E-state index is 0.0786. The maximum Gasteiger partial charge on any atom is 0.278 e. The van der Waals surface area contributed by atoms with Gasteiger partial charge in [0.1, 0.15) is 5.75 Å². The molecule has 0 bridgehead atoms. The Balaban J connectivity index is 2.37. The molecule has 5 N–H and O–H groups in total. The van der Waals surface area contributed by atoms with E-state index in [0.717, 1.165) is 0 Å². The first-order valence-electron chi connectivity index (χ1n) is 5.66. The van der Waals surface area contributed by atoms with Crippen LogP contribution in [-0.4, -0.2) is 36.8 Å². The van der Waals surface area contributed by atoms with Crippen molar-refractivity contribution in [2.45, 2.75) is 5.03 Å². The van der Waals surface area contributed by atoms with Gasteiger partial charge in [0.2, 0.25) is 0 Å². The Labute approximate surface area is 120 Å². The highest BCUT2D eigenvalue weighted by Gasteiger charge is 2.18. The Morgan fingerprint density at radius 3 is 2.81 bits per heavy atom. The van der Waals surface area contributed by atoms with Gasteiger partial charge in [-0.15, -0.1) is 0 Å². The number of nitrogens with one attached hydrogen (secondary N) is 2. The molecule has 9 nitrogen and oxygen atoms in total. The number of hydrogen-bond donors (Lipinski definition) is 4. The number of hydrogen-bond acceptors (Lipinski definition) is 6. The first-order chi connectivity index (χ1) is 9.97. The van der Waals surface area contributed by atoms with Crippen molar-refractivity contribution in [2.24, 2.45) is 10.9 Å². The van der Waals surface area contributed by atoms with Gasteiger partial charge in [-0.25, -0.2) is 0 Å². The van der Waals surface area contributed by atoms with Gasteiger partial charge in [-0.05, 0) is 24.3 Å². The second-order valence-electron chi connectivity index (χ2n) is 3.93. The van der Waals surface area contributed by atoms with Crippen molar-refractivity contribution >= 4 is 21.5 Å². The molecule has 0 aliphatic rings. The summed E-state index contributed by atoms with van der Waals surface area (Å²) in [6, 6.07) is 5.70. The molecule has 0 aliphatic carbocycles. The van der Waals surface area contributed by atoms with Gasteiger partial charge in [-0.2, -0.15) is 13.5 Å². The van der Waals surface area contributed by atoms with Gasteiger partial charge in [0, 0.05) is 5.56 Å². The average molecular weight is 311 g/mol. The Morgan fingerprint density at radius 1 is 1.48 bits per heavy atom. The van der Waals surface area contributed by atoms with Crippen LogP contribution in [0.25, 0.3) is 0 Å². The Kier molecular flexibility index (Phi) is 3.98. The van der Waals surface area contributed by atoms with Gasteiger partial charge >= 0.3 is 0 Å². The maximum absolute atomic E-state index is 12.1. The molecule has 0 fully saturated rings. The molecule has 0 spiro atoms. The van der Waals surface area contributed by atoms with Crippen molar-refractivity contribution in [3.8, 4) is 5.75 Å². The SMILES string of the molecule is COc1cc(/C(N)=N/O)ccc1NS(=O)(=O)c1ccn[nH]1. The summed E-state index contributed by atoms with van der Waals surface area (Å²) in [5.74, 6) is 0.110. The number of anilines is 1. The zero-order chi connectivity index (χ0) is 15.5. The van der Waals surface area contributed by atoms with Crippen molar-refractivity contribution in [1.29, 1.82) is 0 Å². The van der Waals surface area contributed by atoms with Crippen molar-refractivity contribution in [2.75, 3.05) is 11.8 Å². The van der Waals surface area contributed by atoms with Crippen LogP contribution in [0.4, 0.5) is 5.69 Å². The number of methoxy groups -OCH3 is 1. The summed E-state index contributed by atoms with van der Waals surface area (Å²) < 4.78 is 31.6. The minimum atomic E-state index is -3.80. The third-order valence-electron chi connectivity index (χ3n) is 2.61. The maximum atomic E-state index is 12.1. The molecule has 1 aromatic heterocycles. The number of benzene rings is 1. The molecule has 2 rings (SSSR count). The largest absolute Gasteiger partial charge is 0.495 e. The lowest BCUT2D eigenvalue weighted by molar-refractivity contribution is 0.318. The topological polar surface area (TPSA) is 143 Å². The molecule has 21 heavy (non-hydrogen) atoms. The Hall–Kier alpha value is -2.75. The van der Waals surface area contributed by atoms with Crippen LogP contribution in [-0.2, 0) is 10.0 Å². The summed E-state index contributed by atoms with van der Waals surface area (Å²) in [6.07, 6.45) is 1.33. The molecule has 2 aromatic rings. The minimum Gasteiger partial charge on any atom is -0.495 e. The molecule has 0 radical (unpaired) electrons. The lowest BCUT2D eigenvalue weighted by atomic mass is 10.2. The number of amidine groups is 1. The highest BCUT2D eigenvalue weighted by molar-refractivity contribution is 7.92. The molecule has 0 amide bonds. The molecule has 0 unspecified atom stereocenters. The number of sulfonamides is 1. The zero-order valence-corrected chi connectivity index (χ0v) is 11.8. The number of oxime groups is 1. The zero-order valence-electron chi connectivity index (χ0n) is 10.9. The lowest BCUT2D eigenvalue weighted by Gasteiger charge is -2.12. The third kappa shape index (κ3) is 3.05. The first-order valence-corrected chi connectivity index (χ1v) is 7.14. The average Bonchev–Trinajstić information content (AvgIpc) is 3.01. The first kappa shape index (κ1) is 14.7. The molecule has 0 atom stereocenters. The summed E-state index contributed by atoms with van der Waals surface area (Å²) >= 11 is 0. The Morgan fingerprint density at radius 2 is 2.24 bits per heavy atom. The van der Waals surface area contributed by atoms with Crippen molar-refractivity contribution in [1.82, 2.24) is 10.2 Å². The number of H-pyrrole nitrogens is 1. The molecule has 10 heteroatoms.